The van der Waals surface area contributed by atoms with Gasteiger partial charge in [0.2, 0.25) is 15.9 Å². The Hall–Kier alpha value is -2.60. The molecule has 3 aliphatic rings. The number of hydrogen-bond acceptors (Lipinski definition) is 6. The summed E-state index contributed by atoms with van der Waals surface area (Å²) in [6, 6.07) is 7.47. The fraction of sp³-hybridized carbons (Fsp3) is 0.536. The fourth-order valence-corrected chi connectivity index (χ4v) is 6.97. The van der Waals surface area contributed by atoms with E-state index >= 15 is 0 Å². The number of sulfonamides is 1. The lowest BCUT2D eigenvalue weighted by atomic mass is 9.77. The largest absolute Gasteiger partial charge is 0.492 e. The zero-order valence-electron chi connectivity index (χ0n) is 22.0. The van der Waals surface area contributed by atoms with Gasteiger partial charge in [-0.3, -0.25) is 4.79 Å². The third-order valence-corrected chi connectivity index (χ3v) is 9.70. The number of nitrogens with one attached hydrogen (secondary N) is 1. The lowest BCUT2D eigenvalue weighted by molar-refractivity contribution is -0.141. The molecule has 2 N–H and O–H groups in total. The van der Waals surface area contributed by atoms with Crippen LogP contribution in [0.2, 0.25) is 0 Å². The van der Waals surface area contributed by atoms with Gasteiger partial charge in [0.25, 0.3) is 0 Å². The summed E-state index contributed by atoms with van der Waals surface area (Å²) < 4.78 is 63.2. The van der Waals surface area contributed by atoms with Crippen LogP contribution in [0.1, 0.15) is 32.1 Å². The zero-order chi connectivity index (χ0) is 27.8. The molecule has 1 amide bonds. The molecule has 1 unspecified atom stereocenters. The summed E-state index contributed by atoms with van der Waals surface area (Å²) in [4.78, 5) is 16.6. The van der Waals surface area contributed by atoms with Crippen LogP contribution in [-0.4, -0.2) is 81.7 Å². The summed E-state index contributed by atoms with van der Waals surface area (Å²) >= 11 is 0. The number of likely N-dealkylation sites (tertiary alicyclic amines) is 1. The van der Waals surface area contributed by atoms with E-state index in [0.29, 0.717) is 38.0 Å². The standard InChI is InChI=1S/C28H35F2N3O5S/c1-32-16-22(34)15-31-39(36,37)26-8-5-20(23-7-6-21(29)14-24(23)30)13-25(26)38-18-28(17-32)9-11-33(12-10-28)27(35)19-3-2-4-19/h5-8,13-14,19,22,31,34H,2-4,9-12,15-18H2,1H3. The molecular weight excluding hydrogens is 528 g/mol. The molecule has 1 saturated carbocycles. The molecule has 0 bridgehead atoms. The molecule has 0 aromatic heterocycles. The minimum Gasteiger partial charge on any atom is -0.492 e. The first-order chi connectivity index (χ1) is 18.6. The van der Waals surface area contributed by atoms with Gasteiger partial charge in [0.05, 0.1) is 12.7 Å². The van der Waals surface area contributed by atoms with E-state index in [-0.39, 0.29) is 47.7 Å². The molecular formula is C28H35F2N3O5S. The second kappa shape index (κ2) is 11.1. The number of ether oxygens (including phenoxy) is 1. The van der Waals surface area contributed by atoms with E-state index in [4.69, 9.17) is 4.74 Å². The van der Waals surface area contributed by atoms with Crippen molar-refractivity contribution in [2.45, 2.75) is 43.1 Å². The number of carbonyl (C=O) groups excluding carboxylic acids is 1. The second-order valence-corrected chi connectivity index (χ2v) is 13.0. The molecule has 2 fully saturated rings. The predicted molar refractivity (Wildman–Crippen MR) is 142 cm³/mol. The number of rotatable bonds is 2. The Morgan fingerprint density at radius 3 is 2.54 bits per heavy atom. The van der Waals surface area contributed by atoms with Crippen molar-refractivity contribution >= 4 is 15.9 Å². The van der Waals surface area contributed by atoms with Crippen LogP contribution in [-0.2, 0) is 14.8 Å². The third kappa shape index (κ3) is 6.11. The summed E-state index contributed by atoms with van der Waals surface area (Å²) in [7, 11) is -2.19. The normalized spacial score (nSPS) is 24.1. The van der Waals surface area contributed by atoms with E-state index in [1.54, 1.807) is 0 Å². The van der Waals surface area contributed by atoms with Crippen molar-refractivity contribution in [3.05, 3.63) is 48.0 Å². The highest BCUT2D eigenvalue weighted by Crippen LogP contribution is 2.38. The Kier molecular flexibility index (Phi) is 7.96. The van der Waals surface area contributed by atoms with Gasteiger partial charge in [-0.05, 0) is 62.6 Å². The summed E-state index contributed by atoms with van der Waals surface area (Å²) in [5.74, 6) is -1.10. The number of benzene rings is 2. The first-order valence-corrected chi connectivity index (χ1v) is 14.9. The van der Waals surface area contributed by atoms with Crippen LogP contribution in [0.25, 0.3) is 11.1 Å². The molecule has 39 heavy (non-hydrogen) atoms. The number of aliphatic hydroxyl groups excluding tert-OH is 1. The van der Waals surface area contributed by atoms with Crippen molar-refractivity contribution in [1.29, 1.82) is 0 Å². The number of fused-ring (bicyclic) bond motifs is 1. The molecule has 0 radical (unpaired) electrons. The molecule has 2 heterocycles. The van der Waals surface area contributed by atoms with Crippen LogP contribution >= 0.6 is 0 Å². The van der Waals surface area contributed by atoms with Crippen LogP contribution < -0.4 is 9.46 Å². The molecule has 1 spiro atoms. The minimum absolute atomic E-state index is 0.0498. The van der Waals surface area contributed by atoms with Gasteiger partial charge in [0.1, 0.15) is 22.3 Å². The fourth-order valence-electron chi connectivity index (χ4n) is 5.77. The molecule has 8 nitrogen and oxygen atoms in total. The van der Waals surface area contributed by atoms with E-state index in [0.717, 1.165) is 31.4 Å². The predicted octanol–water partition coefficient (Wildman–Crippen LogP) is 3.00. The lowest BCUT2D eigenvalue weighted by Crippen LogP contribution is -2.52. The summed E-state index contributed by atoms with van der Waals surface area (Å²) in [5, 5.41) is 10.6. The Labute approximate surface area is 228 Å². The Bertz CT molecular complexity index is 1330. The lowest BCUT2D eigenvalue weighted by Gasteiger charge is -2.45. The van der Waals surface area contributed by atoms with Gasteiger partial charge in [-0.2, -0.15) is 0 Å². The zero-order valence-corrected chi connectivity index (χ0v) is 22.9. The smallest absolute Gasteiger partial charge is 0.244 e. The molecule has 1 atom stereocenters. The Balaban J connectivity index is 1.46. The van der Waals surface area contributed by atoms with Gasteiger partial charge in [-0.25, -0.2) is 21.9 Å². The number of likely N-dealkylation sites (N-methyl/N-ethyl adjacent to an activating group) is 1. The van der Waals surface area contributed by atoms with E-state index in [1.165, 1.54) is 24.3 Å². The molecule has 5 rings (SSSR count). The molecule has 2 aliphatic heterocycles. The van der Waals surface area contributed by atoms with Gasteiger partial charge in [0.15, 0.2) is 0 Å². The topological polar surface area (TPSA) is 99.2 Å². The highest BCUT2D eigenvalue weighted by atomic mass is 32.2. The number of carbonyl (C=O) groups is 1. The maximum absolute atomic E-state index is 14.6. The monoisotopic (exact) mass is 563 g/mol. The van der Waals surface area contributed by atoms with Crippen molar-refractivity contribution < 1.29 is 31.8 Å². The SMILES string of the molecule is CN1CC(O)CNS(=O)(=O)c2ccc(-c3ccc(F)cc3F)cc2OCC2(CCN(C(=O)C3CCC3)CC2)C1. The van der Waals surface area contributed by atoms with E-state index in [9.17, 15) is 27.1 Å². The summed E-state index contributed by atoms with van der Waals surface area (Å²) in [5.41, 5.74) is 0.0722. The number of halogens is 2. The van der Waals surface area contributed by atoms with Crippen LogP contribution in [0.15, 0.2) is 41.3 Å². The van der Waals surface area contributed by atoms with Crippen LogP contribution in [0.5, 0.6) is 5.75 Å². The number of nitrogens with zero attached hydrogens (tertiary/aromatic N) is 2. The quantitative estimate of drug-likeness (QED) is 0.583. The van der Waals surface area contributed by atoms with Crippen LogP contribution in [0.4, 0.5) is 8.78 Å². The van der Waals surface area contributed by atoms with E-state index in [1.807, 2.05) is 16.8 Å². The van der Waals surface area contributed by atoms with Gasteiger partial charge in [0, 0.05) is 55.7 Å². The van der Waals surface area contributed by atoms with E-state index < -0.39 is 33.2 Å². The van der Waals surface area contributed by atoms with Gasteiger partial charge in [-0.1, -0.05) is 12.5 Å². The first-order valence-electron chi connectivity index (χ1n) is 13.4. The van der Waals surface area contributed by atoms with Crippen molar-refractivity contribution in [2.75, 3.05) is 46.4 Å². The highest BCUT2D eigenvalue weighted by Gasteiger charge is 2.40. The van der Waals surface area contributed by atoms with Crippen molar-refractivity contribution in [1.82, 2.24) is 14.5 Å². The van der Waals surface area contributed by atoms with Crippen LogP contribution in [0.3, 0.4) is 0 Å². The first kappa shape index (κ1) is 27.9. The maximum atomic E-state index is 14.6. The third-order valence-electron chi connectivity index (χ3n) is 8.24. The molecule has 1 aliphatic carbocycles. The van der Waals surface area contributed by atoms with Gasteiger partial charge in [-0.15, -0.1) is 0 Å². The second-order valence-electron chi connectivity index (χ2n) is 11.2. The number of amides is 1. The number of β-amino-alcohol motifs (C(OH)–C–C–N with tert-alkyl or cyclic N) is 1. The minimum atomic E-state index is -4.06. The van der Waals surface area contributed by atoms with Crippen molar-refractivity contribution in [2.24, 2.45) is 11.3 Å². The number of aliphatic hydroxyl groups is 1. The highest BCUT2D eigenvalue weighted by molar-refractivity contribution is 7.89. The van der Waals surface area contributed by atoms with Gasteiger partial charge < -0.3 is 19.6 Å². The molecule has 2 aromatic rings. The Morgan fingerprint density at radius 2 is 1.87 bits per heavy atom. The van der Waals surface area contributed by atoms with E-state index in [2.05, 4.69) is 4.72 Å². The van der Waals surface area contributed by atoms with Gasteiger partial charge >= 0.3 is 0 Å². The van der Waals surface area contributed by atoms with Crippen molar-refractivity contribution in [3.8, 4) is 16.9 Å². The van der Waals surface area contributed by atoms with Crippen LogP contribution in [0, 0.1) is 23.0 Å². The average Bonchev–Trinajstić information content (AvgIpc) is 2.85. The molecule has 2 aromatic carbocycles. The maximum Gasteiger partial charge on any atom is 0.244 e. The Morgan fingerprint density at radius 1 is 1.13 bits per heavy atom. The summed E-state index contributed by atoms with van der Waals surface area (Å²) in [6.07, 6.45) is 3.38. The molecule has 212 valence electrons. The average molecular weight is 564 g/mol. The summed E-state index contributed by atoms with van der Waals surface area (Å²) in [6.45, 7) is 2.02. The molecule has 11 heteroatoms. The molecule has 1 saturated heterocycles. The number of piperidine rings is 1. The van der Waals surface area contributed by atoms with Crippen molar-refractivity contribution in [3.63, 3.8) is 0 Å². The number of hydrogen-bond donors (Lipinski definition) is 2.